The first kappa shape index (κ1) is 21.6. The number of halogens is 1. The van der Waals surface area contributed by atoms with Gasteiger partial charge in [0.1, 0.15) is 5.82 Å². The molecule has 30 heavy (non-hydrogen) atoms. The number of ether oxygens (including phenoxy) is 1. The zero-order valence-corrected chi connectivity index (χ0v) is 18.0. The standard InChI is InChI=1S/C21H25ClN6O2/c1-24-11-18(15(23)12-30-3)27-19-9-17(14(22)10-25-19)26-16-6-4-5-13-7-8-28(2)21(29)20(13)16/h4-6,9-11H,7-8,12,23H2,1-3H3,(H2,25,26,27). The van der Waals surface area contributed by atoms with Crippen molar-refractivity contribution in [3.05, 3.63) is 58.0 Å². The first-order valence-corrected chi connectivity index (χ1v) is 9.79. The molecule has 2 heterocycles. The van der Waals surface area contributed by atoms with Gasteiger partial charge in [-0.25, -0.2) is 4.98 Å². The Labute approximate surface area is 180 Å². The van der Waals surface area contributed by atoms with Crippen molar-refractivity contribution in [3.63, 3.8) is 0 Å². The van der Waals surface area contributed by atoms with Crippen LogP contribution in [-0.4, -0.2) is 56.4 Å². The number of rotatable bonds is 7. The van der Waals surface area contributed by atoms with Gasteiger partial charge < -0.3 is 26.0 Å². The molecule has 0 spiro atoms. The van der Waals surface area contributed by atoms with Gasteiger partial charge in [-0.2, -0.15) is 0 Å². The number of amides is 1. The van der Waals surface area contributed by atoms with Crippen LogP contribution in [0, 0.1) is 0 Å². The van der Waals surface area contributed by atoms with E-state index in [1.54, 1.807) is 38.4 Å². The summed E-state index contributed by atoms with van der Waals surface area (Å²) in [5.41, 5.74) is 10.1. The maximum absolute atomic E-state index is 12.7. The highest BCUT2D eigenvalue weighted by Crippen LogP contribution is 2.32. The molecule has 4 N–H and O–H groups in total. The number of nitrogens with two attached hydrogens (primary N) is 1. The summed E-state index contributed by atoms with van der Waals surface area (Å²) >= 11 is 6.37. The number of nitrogens with zero attached hydrogens (tertiary/aromatic N) is 3. The Kier molecular flexibility index (Phi) is 6.91. The highest BCUT2D eigenvalue weighted by Gasteiger charge is 2.24. The summed E-state index contributed by atoms with van der Waals surface area (Å²) in [7, 11) is 5.02. The number of aliphatic imine (C=N–C) groups is 1. The highest BCUT2D eigenvalue weighted by atomic mass is 35.5. The number of likely N-dealkylation sites (N-methyl/N-ethyl adjacent to an activating group) is 1. The molecule has 0 saturated heterocycles. The summed E-state index contributed by atoms with van der Waals surface area (Å²) in [6.07, 6.45) is 3.94. The predicted molar refractivity (Wildman–Crippen MR) is 121 cm³/mol. The molecule has 0 bridgehead atoms. The Morgan fingerprint density at radius 2 is 2.23 bits per heavy atom. The third-order valence-electron chi connectivity index (χ3n) is 4.72. The molecule has 3 rings (SSSR count). The fourth-order valence-corrected chi connectivity index (χ4v) is 3.34. The lowest BCUT2D eigenvalue weighted by Crippen LogP contribution is -2.34. The molecular weight excluding hydrogens is 404 g/mol. The van der Waals surface area contributed by atoms with E-state index in [0.29, 0.717) is 45.7 Å². The van der Waals surface area contributed by atoms with Gasteiger partial charge >= 0.3 is 0 Å². The predicted octanol–water partition coefficient (Wildman–Crippen LogP) is 3.04. The summed E-state index contributed by atoms with van der Waals surface area (Å²) in [5.74, 6) is 0.503. The first-order valence-electron chi connectivity index (χ1n) is 9.41. The number of carbonyl (C=O) groups is 1. The third kappa shape index (κ3) is 4.72. The van der Waals surface area contributed by atoms with Gasteiger partial charge in [-0.1, -0.05) is 23.7 Å². The molecule has 0 atom stereocenters. The van der Waals surface area contributed by atoms with E-state index in [1.165, 1.54) is 6.20 Å². The molecule has 0 saturated carbocycles. The molecule has 158 valence electrons. The summed E-state index contributed by atoms with van der Waals surface area (Å²) < 4.78 is 5.09. The molecule has 0 aliphatic carbocycles. The third-order valence-corrected chi connectivity index (χ3v) is 5.02. The number of methoxy groups -OCH3 is 1. The van der Waals surface area contributed by atoms with Crippen LogP contribution in [0.25, 0.3) is 0 Å². The van der Waals surface area contributed by atoms with Crippen LogP contribution in [0.4, 0.5) is 17.2 Å². The Hall–Kier alpha value is -3.10. The summed E-state index contributed by atoms with van der Waals surface area (Å²) in [4.78, 5) is 22.8. The Bertz CT molecular complexity index is 1000. The Morgan fingerprint density at radius 3 is 2.97 bits per heavy atom. The second-order valence-electron chi connectivity index (χ2n) is 6.88. The lowest BCUT2D eigenvalue weighted by Gasteiger charge is -2.27. The van der Waals surface area contributed by atoms with Gasteiger partial charge in [-0.15, -0.1) is 0 Å². The molecule has 0 fully saturated rings. The minimum absolute atomic E-state index is 0.0143. The maximum atomic E-state index is 12.7. The van der Waals surface area contributed by atoms with E-state index in [-0.39, 0.29) is 12.5 Å². The molecule has 2 aromatic rings. The SMILES string of the molecule is CN=CC(Nc1cc(Nc2cccc3c2C(=O)N(C)CC3)c(Cl)cn1)=C(N)COC. The van der Waals surface area contributed by atoms with Crippen molar-refractivity contribution in [1.29, 1.82) is 0 Å². The van der Waals surface area contributed by atoms with E-state index in [1.807, 2.05) is 18.2 Å². The van der Waals surface area contributed by atoms with E-state index in [4.69, 9.17) is 22.1 Å². The first-order chi connectivity index (χ1) is 14.4. The van der Waals surface area contributed by atoms with Gasteiger partial charge in [0, 0.05) is 40.0 Å². The number of hydrogen-bond acceptors (Lipinski definition) is 7. The Morgan fingerprint density at radius 1 is 1.43 bits per heavy atom. The van der Waals surface area contributed by atoms with Crippen LogP contribution in [-0.2, 0) is 11.2 Å². The maximum Gasteiger partial charge on any atom is 0.255 e. The van der Waals surface area contributed by atoms with E-state index in [2.05, 4.69) is 20.6 Å². The average molecular weight is 429 g/mol. The van der Waals surface area contributed by atoms with Crippen LogP contribution in [0.3, 0.4) is 0 Å². The van der Waals surface area contributed by atoms with Crippen LogP contribution < -0.4 is 16.4 Å². The molecule has 0 radical (unpaired) electrons. The van der Waals surface area contributed by atoms with Crippen molar-refractivity contribution < 1.29 is 9.53 Å². The zero-order chi connectivity index (χ0) is 21.7. The number of aromatic nitrogens is 1. The fraction of sp³-hybridized carbons (Fsp3) is 0.286. The van der Waals surface area contributed by atoms with Crippen molar-refractivity contribution in [2.75, 3.05) is 45.0 Å². The van der Waals surface area contributed by atoms with E-state index in [9.17, 15) is 4.79 Å². The number of hydrogen-bond donors (Lipinski definition) is 3. The zero-order valence-electron chi connectivity index (χ0n) is 17.2. The summed E-state index contributed by atoms with van der Waals surface area (Å²) in [6, 6.07) is 7.53. The number of anilines is 3. The minimum Gasteiger partial charge on any atom is -0.398 e. The van der Waals surface area contributed by atoms with Crippen molar-refractivity contribution in [3.8, 4) is 0 Å². The van der Waals surface area contributed by atoms with E-state index >= 15 is 0 Å². The number of pyridine rings is 1. The number of carbonyl (C=O) groups excluding carboxylic acids is 1. The topological polar surface area (TPSA) is 105 Å². The molecular formula is C21H25ClN6O2. The van der Waals surface area contributed by atoms with Gasteiger partial charge in [0.2, 0.25) is 0 Å². The van der Waals surface area contributed by atoms with Gasteiger partial charge in [-0.05, 0) is 18.1 Å². The second-order valence-corrected chi connectivity index (χ2v) is 7.28. The van der Waals surface area contributed by atoms with E-state index < -0.39 is 0 Å². The fourth-order valence-electron chi connectivity index (χ4n) is 3.19. The quantitative estimate of drug-likeness (QED) is 0.585. The van der Waals surface area contributed by atoms with Crippen LogP contribution in [0.1, 0.15) is 15.9 Å². The largest absolute Gasteiger partial charge is 0.398 e. The minimum atomic E-state index is -0.0143. The summed E-state index contributed by atoms with van der Waals surface area (Å²) in [5, 5.41) is 6.85. The van der Waals surface area contributed by atoms with Gasteiger partial charge in [0.15, 0.2) is 0 Å². The Balaban J connectivity index is 1.93. The second kappa shape index (κ2) is 9.60. The molecule has 0 unspecified atom stereocenters. The molecule has 1 amide bonds. The van der Waals surface area contributed by atoms with Gasteiger partial charge in [0.25, 0.3) is 5.91 Å². The molecule has 1 aliphatic heterocycles. The van der Waals surface area contributed by atoms with Crippen LogP contribution in [0.2, 0.25) is 5.02 Å². The molecule has 1 aliphatic rings. The molecule has 9 heteroatoms. The van der Waals surface area contributed by atoms with E-state index in [0.717, 1.165) is 12.0 Å². The number of nitrogens with one attached hydrogen (secondary N) is 2. The van der Waals surface area contributed by atoms with Crippen molar-refractivity contribution in [2.45, 2.75) is 6.42 Å². The molecule has 8 nitrogen and oxygen atoms in total. The number of benzene rings is 1. The van der Waals surface area contributed by atoms with Gasteiger partial charge in [0.05, 0.1) is 46.2 Å². The lowest BCUT2D eigenvalue weighted by molar-refractivity contribution is 0.0782. The summed E-state index contributed by atoms with van der Waals surface area (Å²) in [6.45, 7) is 0.954. The van der Waals surface area contributed by atoms with Crippen LogP contribution in [0.5, 0.6) is 0 Å². The van der Waals surface area contributed by atoms with Crippen molar-refractivity contribution in [1.82, 2.24) is 9.88 Å². The normalized spacial score (nSPS) is 14.5. The number of allylic oxidation sites excluding steroid dienone is 1. The average Bonchev–Trinajstić information content (AvgIpc) is 2.73. The highest BCUT2D eigenvalue weighted by molar-refractivity contribution is 6.33. The lowest BCUT2D eigenvalue weighted by atomic mass is 9.97. The van der Waals surface area contributed by atoms with Crippen molar-refractivity contribution >= 4 is 40.9 Å². The van der Waals surface area contributed by atoms with Crippen molar-refractivity contribution in [2.24, 2.45) is 10.7 Å². The monoisotopic (exact) mass is 428 g/mol. The molecule has 1 aromatic carbocycles. The molecule has 1 aromatic heterocycles. The van der Waals surface area contributed by atoms with Gasteiger partial charge in [-0.3, -0.25) is 9.79 Å². The van der Waals surface area contributed by atoms with Crippen LogP contribution >= 0.6 is 11.6 Å². The number of fused-ring (bicyclic) bond motifs is 1. The smallest absolute Gasteiger partial charge is 0.255 e. The van der Waals surface area contributed by atoms with Crippen LogP contribution in [0.15, 0.2) is 46.8 Å².